The molecular formula is C25H30N4O3. The van der Waals surface area contributed by atoms with E-state index in [1.54, 1.807) is 18.1 Å². The Balaban J connectivity index is 1.51. The van der Waals surface area contributed by atoms with Crippen molar-refractivity contribution < 1.29 is 14.6 Å². The van der Waals surface area contributed by atoms with Crippen molar-refractivity contribution in [2.24, 2.45) is 0 Å². The fourth-order valence-electron chi connectivity index (χ4n) is 4.27. The molecule has 3 N–H and O–H groups in total. The lowest BCUT2D eigenvalue weighted by atomic mass is 10.0. The van der Waals surface area contributed by atoms with Gasteiger partial charge in [0, 0.05) is 44.0 Å². The Labute approximate surface area is 188 Å². The predicted octanol–water partition coefficient (Wildman–Crippen LogP) is 2.77. The summed E-state index contributed by atoms with van der Waals surface area (Å²) in [4.78, 5) is 21.5. The maximum Gasteiger partial charge on any atom is 0.260 e. The second-order valence-electron chi connectivity index (χ2n) is 8.46. The summed E-state index contributed by atoms with van der Waals surface area (Å²) in [5.41, 5.74) is 9.57. The van der Waals surface area contributed by atoms with Gasteiger partial charge in [-0.15, -0.1) is 0 Å². The van der Waals surface area contributed by atoms with Crippen LogP contribution in [0, 0.1) is 6.92 Å². The molecule has 0 bridgehead atoms. The molecule has 1 aromatic heterocycles. The minimum Gasteiger partial charge on any atom is -0.483 e. The molecule has 2 aromatic carbocycles. The first-order valence-electron chi connectivity index (χ1n) is 10.9. The van der Waals surface area contributed by atoms with E-state index in [-0.39, 0.29) is 24.7 Å². The number of β-amino-alcohol motifs (C(OH)–C–C–N with tert-alkyl or cyclic N) is 1. The highest BCUT2D eigenvalue weighted by molar-refractivity contribution is 5.88. The zero-order chi connectivity index (χ0) is 22.7. The number of aliphatic hydroxyl groups excluding tert-OH is 1. The number of likely N-dealkylation sites (N-methyl/N-ethyl adjacent to an activating group) is 1. The van der Waals surface area contributed by atoms with Gasteiger partial charge in [0.25, 0.3) is 5.91 Å². The Kier molecular flexibility index (Phi) is 6.58. The molecule has 1 saturated heterocycles. The SMILES string of the molecule is Cc1ccc(OCC(=O)N(C)C(CN2CC[C@H](O)C2)c2cccc(N)c2)c2cccnc12. The monoisotopic (exact) mass is 434 g/mol. The van der Waals surface area contributed by atoms with E-state index in [0.717, 1.165) is 35.0 Å². The van der Waals surface area contributed by atoms with Crippen molar-refractivity contribution in [3.05, 3.63) is 65.9 Å². The third-order valence-corrected chi connectivity index (χ3v) is 6.12. The Morgan fingerprint density at radius 1 is 1.31 bits per heavy atom. The summed E-state index contributed by atoms with van der Waals surface area (Å²) >= 11 is 0. The van der Waals surface area contributed by atoms with Crippen LogP contribution in [0.5, 0.6) is 5.75 Å². The number of benzene rings is 2. The number of rotatable bonds is 7. The number of fused-ring (bicyclic) bond motifs is 1. The molecule has 2 heterocycles. The van der Waals surface area contributed by atoms with Gasteiger partial charge in [0.2, 0.25) is 0 Å². The number of amides is 1. The average Bonchev–Trinajstić information content (AvgIpc) is 3.21. The standard InChI is InChI=1S/C25H30N4O3/c1-17-8-9-23(21-7-4-11-27-25(17)21)32-16-24(31)28(2)22(15-29-12-10-20(30)14-29)18-5-3-6-19(26)13-18/h3-9,11,13,20,22,30H,10,12,14-16,26H2,1-2H3/t20-,22?/m0/s1. The maximum atomic E-state index is 13.1. The minimum atomic E-state index is -0.315. The van der Waals surface area contributed by atoms with Gasteiger partial charge in [-0.3, -0.25) is 14.7 Å². The molecule has 7 heteroatoms. The van der Waals surface area contributed by atoms with Gasteiger partial charge in [-0.2, -0.15) is 0 Å². The lowest BCUT2D eigenvalue weighted by molar-refractivity contribution is -0.134. The van der Waals surface area contributed by atoms with Gasteiger partial charge >= 0.3 is 0 Å². The molecule has 3 aromatic rings. The van der Waals surface area contributed by atoms with Crippen LogP contribution in [-0.4, -0.2) is 65.2 Å². The van der Waals surface area contributed by atoms with E-state index < -0.39 is 0 Å². The van der Waals surface area contributed by atoms with E-state index in [4.69, 9.17) is 10.5 Å². The van der Waals surface area contributed by atoms with Crippen LogP contribution in [0.1, 0.15) is 23.6 Å². The largest absolute Gasteiger partial charge is 0.483 e. The number of aliphatic hydroxyl groups is 1. The van der Waals surface area contributed by atoms with E-state index in [9.17, 15) is 9.90 Å². The summed E-state index contributed by atoms with van der Waals surface area (Å²) < 4.78 is 5.94. The van der Waals surface area contributed by atoms with Crippen molar-refractivity contribution in [1.82, 2.24) is 14.8 Å². The third kappa shape index (κ3) is 4.84. The number of nitrogens with two attached hydrogens (primary N) is 1. The van der Waals surface area contributed by atoms with Crippen molar-refractivity contribution in [2.45, 2.75) is 25.5 Å². The molecule has 4 rings (SSSR count). The summed E-state index contributed by atoms with van der Waals surface area (Å²) in [7, 11) is 1.79. The van der Waals surface area contributed by atoms with Gasteiger partial charge in [-0.1, -0.05) is 18.2 Å². The van der Waals surface area contributed by atoms with Crippen LogP contribution in [0.4, 0.5) is 5.69 Å². The lowest BCUT2D eigenvalue weighted by Gasteiger charge is -2.32. The third-order valence-electron chi connectivity index (χ3n) is 6.12. The van der Waals surface area contributed by atoms with Crippen LogP contribution in [0.3, 0.4) is 0 Å². The fourth-order valence-corrected chi connectivity index (χ4v) is 4.27. The number of hydrogen-bond acceptors (Lipinski definition) is 6. The number of anilines is 1. The molecule has 2 atom stereocenters. The van der Waals surface area contributed by atoms with E-state index in [2.05, 4.69) is 9.88 Å². The van der Waals surface area contributed by atoms with Gasteiger partial charge < -0.3 is 20.5 Å². The number of nitrogens with zero attached hydrogens (tertiary/aromatic N) is 3. The van der Waals surface area contributed by atoms with E-state index in [1.165, 1.54) is 0 Å². The van der Waals surface area contributed by atoms with Crippen molar-refractivity contribution in [3.8, 4) is 5.75 Å². The first kappa shape index (κ1) is 22.0. The van der Waals surface area contributed by atoms with Crippen LogP contribution >= 0.6 is 0 Å². The second-order valence-corrected chi connectivity index (χ2v) is 8.46. The highest BCUT2D eigenvalue weighted by Crippen LogP contribution is 2.28. The van der Waals surface area contributed by atoms with Gasteiger partial charge in [0.05, 0.1) is 17.7 Å². The van der Waals surface area contributed by atoms with Crippen LogP contribution in [0.25, 0.3) is 10.9 Å². The van der Waals surface area contributed by atoms with Crippen molar-refractivity contribution in [2.75, 3.05) is 39.0 Å². The molecule has 1 fully saturated rings. The maximum absolute atomic E-state index is 13.1. The van der Waals surface area contributed by atoms with Gasteiger partial charge in [-0.25, -0.2) is 0 Å². The van der Waals surface area contributed by atoms with Crippen molar-refractivity contribution >= 4 is 22.5 Å². The van der Waals surface area contributed by atoms with Crippen LogP contribution in [0.15, 0.2) is 54.7 Å². The molecule has 1 aliphatic heterocycles. The number of ether oxygens (including phenoxy) is 1. The number of hydrogen-bond donors (Lipinski definition) is 2. The topological polar surface area (TPSA) is 91.9 Å². The van der Waals surface area contributed by atoms with Crippen molar-refractivity contribution in [3.63, 3.8) is 0 Å². The summed E-state index contributed by atoms with van der Waals surface area (Å²) in [5, 5.41) is 10.8. The van der Waals surface area contributed by atoms with Gasteiger partial charge in [0.15, 0.2) is 6.61 Å². The van der Waals surface area contributed by atoms with E-state index in [1.807, 2.05) is 55.5 Å². The number of nitrogen functional groups attached to an aromatic ring is 1. The Morgan fingerprint density at radius 2 is 2.16 bits per heavy atom. The molecule has 1 aliphatic rings. The zero-order valence-corrected chi connectivity index (χ0v) is 18.6. The number of carbonyl (C=O) groups is 1. The smallest absolute Gasteiger partial charge is 0.260 e. The first-order valence-corrected chi connectivity index (χ1v) is 10.9. The number of likely N-dealkylation sites (tertiary alicyclic amines) is 1. The molecule has 32 heavy (non-hydrogen) atoms. The molecule has 0 spiro atoms. The number of pyridine rings is 1. The van der Waals surface area contributed by atoms with Crippen molar-refractivity contribution in [1.29, 1.82) is 0 Å². The number of aryl methyl sites for hydroxylation is 1. The number of aromatic nitrogens is 1. The molecule has 0 radical (unpaired) electrons. The van der Waals surface area contributed by atoms with Gasteiger partial charge in [-0.05, 0) is 54.8 Å². The average molecular weight is 435 g/mol. The van der Waals surface area contributed by atoms with Crippen LogP contribution < -0.4 is 10.5 Å². The quantitative estimate of drug-likeness (QED) is 0.556. The molecule has 0 aliphatic carbocycles. The Morgan fingerprint density at radius 3 is 2.91 bits per heavy atom. The predicted molar refractivity (Wildman–Crippen MR) is 125 cm³/mol. The lowest BCUT2D eigenvalue weighted by Crippen LogP contribution is -2.41. The summed E-state index contributed by atoms with van der Waals surface area (Å²) in [6, 6.07) is 15.1. The van der Waals surface area contributed by atoms with Crippen LogP contribution in [-0.2, 0) is 4.79 Å². The fraction of sp³-hybridized carbons (Fsp3) is 0.360. The minimum absolute atomic E-state index is 0.0784. The Hall–Kier alpha value is -3.16. The summed E-state index contributed by atoms with van der Waals surface area (Å²) in [5.74, 6) is 0.512. The molecule has 0 saturated carbocycles. The van der Waals surface area contributed by atoms with E-state index >= 15 is 0 Å². The highest BCUT2D eigenvalue weighted by Gasteiger charge is 2.28. The normalized spacial score (nSPS) is 17.4. The summed E-state index contributed by atoms with van der Waals surface area (Å²) in [6.07, 6.45) is 2.19. The van der Waals surface area contributed by atoms with Gasteiger partial charge in [0.1, 0.15) is 5.75 Å². The zero-order valence-electron chi connectivity index (χ0n) is 18.6. The second kappa shape index (κ2) is 9.54. The first-order chi connectivity index (χ1) is 15.4. The molecule has 7 nitrogen and oxygen atoms in total. The molecule has 1 unspecified atom stereocenters. The summed E-state index contributed by atoms with van der Waals surface area (Å²) in [6.45, 7) is 3.97. The molecule has 168 valence electrons. The van der Waals surface area contributed by atoms with Crippen LogP contribution in [0.2, 0.25) is 0 Å². The Bertz CT molecular complexity index is 1100. The molecular weight excluding hydrogens is 404 g/mol. The van der Waals surface area contributed by atoms with E-state index in [0.29, 0.717) is 24.5 Å². The number of carbonyl (C=O) groups excluding carboxylic acids is 1. The molecule has 1 amide bonds. The highest BCUT2D eigenvalue weighted by atomic mass is 16.5.